The molecule has 1 fully saturated rings. The number of halogens is 3. The van der Waals surface area contributed by atoms with Crippen molar-refractivity contribution in [1.29, 1.82) is 5.41 Å². The zero-order chi connectivity index (χ0) is 31.7. The number of carbonyl (C=O) groups excluding carboxylic acids is 2. The first-order valence-electron chi connectivity index (χ1n) is 12.5. The molecule has 1 saturated heterocycles. The summed E-state index contributed by atoms with van der Waals surface area (Å²) in [6.07, 6.45) is -4.56. The molecule has 238 valence electrons. The third-order valence-corrected chi connectivity index (χ3v) is 7.34. The number of anilines is 1. The van der Waals surface area contributed by atoms with E-state index in [2.05, 4.69) is 15.4 Å². The minimum atomic E-state index is -4.98. The monoisotopic (exact) mass is 631 g/mol. The maximum atomic E-state index is 13.8. The number of ether oxygens (including phenoxy) is 1. The van der Waals surface area contributed by atoms with E-state index in [4.69, 9.17) is 25.8 Å². The van der Waals surface area contributed by atoms with E-state index in [-0.39, 0.29) is 25.4 Å². The summed E-state index contributed by atoms with van der Waals surface area (Å²) in [5.41, 5.74) is 4.82. The Bertz CT molecular complexity index is 1390. The van der Waals surface area contributed by atoms with E-state index < -0.39 is 62.9 Å². The standard InChI is InChI=1S/C24H28F3N5O5S.C2H4O2.CH4/c1-14(30-21(33)12-22(34)31-17-7-4-15(5-8-17)23(28)29)16-6-9-20(19(11-16)24(25,26)27)38(35,36)32-18-3-2-10-37-13-18;1-2(3)4;/h4-9,11,14,18,32H,2-3,10,12-13H2,1H3,(H3,28,29)(H,30,33)(H,31,34);1H3,(H,3,4);1H4/t14-,18?;;/m0../s1. The van der Waals surface area contributed by atoms with Crippen LogP contribution in [0.25, 0.3) is 0 Å². The Kier molecular flexibility index (Phi) is 13.8. The Hall–Kier alpha value is -4.02. The summed E-state index contributed by atoms with van der Waals surface area (Å²) in [7, 11) is -4.50. The van der Waals surface area contributed by atoms with Crippen molar-refractivity contribution >= 4 is 39.3 Å². The molecule has 0 aliphatic carbocycles. The van der Waals surface area contributed by atoms with Gasteiger partial charge in [-0.1, -0.05) is 13.5 Å². The van der Waals surface area contributed by atoms with Gasteiger partial charge < -0.3 is 26.2 Å². The molecule has 1 heterocycles. The van der Waals surface area contributed by atoms with Crippen molar-refractivity contribution in [3.63, 3.8) is 0 Å². The lowest BCUT2D eigenvalue weighted by molar-refractivity contribution is -0.140. The molecule has 43 heavy (non-hydrogen) atoms. The molecule has 0 aromatic heterocycles. The molecule has 12 nitrogen and oxygen atoms in total. The van der Waals surface area contributed by atoms with Gasteiger partial charge in [0.25, 0.3) is 5.97 Å². The number of aliphatic carboxylic acids is 1. The summed E-state index contributed by atoms with van der Waals surface area (Å²) in [5, 5.41) is 19.7. The van der Waals surface area contributed by atoms with Crippen molar-refractivity contribution < 1.29 is 45.8 Å². The summed E-state index contributed by atoms with van der Waals surface area (Å²) >= 11 is 0. The zero-order valence-electron chi connectivity index (χ0n) is 22.7. The van der Waals surface area contributed by atoms with E-state index in [9.17, 15) is 31.2 Å². The normalized spacial score (nSPS) is 15.5. The number of alkyl halides is 3. The molecule has 2 aromatic rings. The number of amidine groups is 1. The topological polar surface area (TPSA) is 201 Å². The van der Waals surface area contributed by atoms with Crippen LogP contribution in [0.3, 0.4) is 0 Å². The van der Waals surface area contributed by atoms with Crippen LogP contribution in [0.15, 0.2) is 47.4 Å². The van der Waals surface area contributed by atoms with Gasteiger partial charge in [0, 0.05) is 30.8 Å². The maximum Gasteiger partial charge on any atom is 0.417 e. The Labute approximate surface area is 247 Å². The molecule has 0 bridgehead atoms. The summed E-state index contributed by atoms with van der Waals surface area (Å²) < 4.78 is 74.5. The molecular formula is C27H36F3N5O7S. The second-order valence-electron chi connectivity index (χ2n) is 9.31. The number of hydrogen-bond acceptors (Lipinski definition) is 7. The van der Waals surface area contributed by atoms with Crippen LogP contribution in [0.4, 0.5) is 18.9 Å². The number of nitrogen functional groups attached to an aromatic ring is 1. The second kappa shape index (κ2) is 16.0. The number of carbonyl (C=O) groups is 3. The molecule has 3 rings (SSSR count). The van der Waals surface area contributed by atoms with Crippen LogP contribution in [0.1, 0.15) is 63.3 Å². The van der Waals surface area contributed by atoms with Gasteiger partial charge in [-0.15, -0.1) is 0 Å². The number of nitrogens with one attached hydrogen (secondary N) is 4. The van der Waals surface area contributed by atoms with Gasteiger partial charge >= 0.3 is 6.18 Å². The van der Waals surface area contributed by atoms with Crippen LogP contribution in [0.5, 0.6) is 0 Å². The van der Waals surface area contributed by atoms with Crippen molar-refractivity contribution in [3.05, 3.63) is 59.2 Å². The summed E-state index contributed by atoms with van der Waals surface area (Å²) in [6, 6.07) is 7.15. The molecule has 0 radical (unpaired) electrons. The van der Waals surface area contributed by atoms with Crippen molar-refractivity contribution in [2.75, 3.05) is 18.5 Å². The molecule has 16 heteroatoms. The number of rotatable bonds is 9. The van der Waals surface area contributed by atoms with Crippen LogP contribution in [-0.2, 0) is 35.3 Å². The van der Waals surface area contributed by atoms with Crippen LogP contribution in [0, 0.1) is 5.41 Å². The van der Waals surface area contributed by atoms with E-state index >= 15 is 0 Å². The van der Waals surface area contributed by atoms with Crippen molar-refractivity contribution in [1.82, 2.24) is 10.0 Å². The molecule has 1 aliphatic rings. The van der Waals surface area contributed by atoms with Gasteiger partial charge in [-0.2, -0.15) is 13.2 Å². The highest BCUT2D eigenvalue weighted by Gasteiger charge is 2.38. The average molecular weight is 632 g/mol. The van der Waals surface area contributed by atoms with Gasteiger partial charge in [0.1, 0.15) is 12.3 Å². The fraction of sp³-hybridized carbons (Fsp3) is 0.407. The van der Waals surface area contributed by atoms with Crippen LogP contribution in [-0.4, -0.2) is 56.4 Å². The van der Waals surface area contributed by atoms with Crippen molar-refractivity contribution in [2.24, 2.45) is 5.73 Å². The molecule has 1 aliphatic heterocycles. The molecule has 7 N–H and O–H groups in total. The number of carboxylic acid groups (broad SMARTS) is 1. The van der Waals surface area contributed by atoms with Gasteiger partial charge in [-0.25, -0.2) is 13.1 Å². The summed E-state index contributed by atoms with van der Waals surface area (Å²) in [6.45, 7) is 3.02. The number of amides is 2. The molecular weight excluding hydrogens is 595 g/mol. The predicted octanol–water partition coefficient (Wildman–Crippen LogP) is 3.38. The molecule has 0 saturated carbocycles. The highest BCUT2D eigenvalue weighted by Crippen LogP contribution is 2.36. The maximum absolute atomic E-state index is 13.8. The van der Waals surface area contributed by atoms with Gasteiger partial charge in [-0.05, 0) is 61.7 Å². The minimum absolute atomic E-state index is 0. The number of benzene rings is 2. The lowest BCUT2D eigenvalue weighted by Crippen LogP contribution is -2.41. The van der Waals surface area contributed by atoms with Gasteiger partial charge in [0.05, 0.1) is 23.1 Å². The average Bonchev–Trinajstić information content (AvgIpc) is 2.88. The smallest absolute Gasteiger partial charge is 0.417 e. The quantitative estimate of drug-likeness (QED) is 0.137. The largest absolute Gasteiger partial charge is 0.481 e. The third-order valence-electron chi connectivity index (χ3n) is 5.76. The van der Waals surface area contributed by atoms with Crippen LogP contribution in [0.2, 0.25) is 0 Å². The first-order chi connectivity index (χ1) is 19.5. The van der Waals surface area contributed by atoms with Crippen molar-refractivity contribution in [3.8, 4) is 0 Å². The van der Waals surface area contributed by atoms with E-state index in [0.29, 0.717) is 36.8 Å². The van der Waals surface area contributed by atoms with E-state index in [1.807, 2.05) is 0 Å². The van der Waals surface area contributed by atoms with Gasteiger partial charge in [-0.3, -0.25) is 19.8 Å². The van der Waals surface area contributed by atoms with E-state index in [1.165, 1.54) is 37.3 Å². The molecule has 2 atom stereocenters. The Morgan fingerprint density at radius 3 is 2.26 bits per heavy atom. The number of sulfonamides is 1. The van der Waals surface area contributed by atoms with E-state index in [0.717, 1.165) is 13.0 Å². The Morgan fingerprint density at radius 1 is 1.14 bits per heavy atom. The highest BCUT2D eigenvalue weighted by atomic mass is 32.2. The second-order valence-corrected chi connectivity index (χ2v) is 11.0. The fourth-order valence-electron chi connectivity index (χ4n) is 3.85. The zero-order valence-corrected chi connectivity index (χ0v) is 23.6. The first kappa shape index (κ1) is 37.0. The highest BCUT2D eigenvalue weighted by molar-refractivity contribution is 7.89. The van der Waals surface area contributed by atoms with Crippen LogP contribution >= 0.6 is 0 Å². The van der Waals surface area contributed by atoms with E-state index in [1.54, 1.807) is 0 Å². The predicted molar refractivity (Wildman–Crippen MR) is 153 cm³/mol. The lowest BCUT2D eigenvalue weighted by atomic mass is 10.0. The fourth-order valence-corrected chi connectivity index (χ4v) is 5.31. The Morgan fingerprint density at radius 2 is 1.74 bits per heavy atom. The Balaban J connectivity index is 0.00000174. The van der Waals surface area contributed by atoms with Gasteiger partial charge in [0.15, 0.2) is 0 Å². The lowest BCUT2D eigenvalue weighted by Gasteiger charge is -2.24. The number of nitrogens with two attached hydrogens (primary N) is 1. The third kappa shape index (κ3) is 12.0. The number of carboxylic acids is 1. The minimum Gasteiger partial charge on any atom is -0.481 e. The van der Waals surface area contributed by atoms with Crippen LogP contribution < -0.4 is 21.1 Å². The SMILES string of the molecule is C.CC(=O)O.C[C@H](NC(=O)CC(=O)Nc1ccc(C(=N)N)cc1)c1ccc(S(=O)(=O)NC2CCCOC2)c(C(F)(F)F)c1. The molecule has 2 aromatic carbocycles. The molecule has 0 spiro atoms. The summed E-state index contributed by atoms with van der Waals surface area (Å²) in [4.78, 5) is 32.6. The molecule has 1 unspecified atom stereocenters. The number of hydrogen-bond donors (Lipinski definition) is 6. The van der Waals surface area contributed by atoms with Gasteiger partial charge in [0.2, 0.25) is 21.8 Å². The summed E-state index contributed by atoms with van der Waals surface area (Å²) in [5.74, 6) is -2.40. The van der Waals surface area contributed by atoms with Crippen molar-refractivity contribution in [2.45, 2.75) is 63.7 Å². The first-order valence-corrected chi connectivity index (χ1v) is 14.0. The molecule has 2 amide bonds.